The topological polar surface area (TPSA) is 81.2 Å². The summed E-state index contributed by atoms with van der Waals surface area (Å²) in [5.74, 6) is 1.13. The van der Waals surface area contributed by atoms with E-state index in [1.54, 1.807) is 29.5 Å². The molecule has 0 unspecified atom stereocenters. The summed E-state index contributed by atoms with van der Waals surface area (Å²) in [5.41, 5.74) is 1.79. The van der Waals surface area contributed by atoms with Gasteiger partial charge in [-0.2, -0.15) is 0 Å². The van der Waals surface area contributed by atoms with E-state index < -0.39 is 0 Å². The largest absolute Gasteiger partial charge is 0.361 e. The van der Waals surface area contributed by atoms with Crippen molar-refractivity contribution in [1.29, 1.82) is 0 Å². The Morgan fingerprint density at radius 3 is 2.68 bits per heavy atom. The van der Waals surface area contributed by atoms with Gasteiger partial charge >= 0.3 is 0 Å². The molecule has 22 heavy (non-hydrogen) atoms. The zero-order valence-electron chi connectivity index (χ0n) is 12.9. The Hall–Kier alpha value is -2.44. The number of rotatable bonds is 1. The summed E-state index contributed by atoms with van der Waals surface area (Å²) in [6.07, 6.45) is 1.09. The lowest BCUT2D eigenvalue weighted by atomic mass is 10.1. The van der Waals surface area contributed by atoms with Gasteiger partial charge in [0.15, 0.2) is 5.69 Å². The Morgan fingerprint density at radius 2 is 2.00 bits per heavy atom. The Kier molecular flexibility index (Phi) is 3.56. The SMILES string of the molecule is Cc1cc(C(=O)N2CCc3nc(C)n(C)c(=O)c3CC2)no1. The first-order valence-corrected chi connectivity index (χ1v) is 7.25. The number of aryl methyl sites for hydroxylation is 2. The fourth-order valence-corrected chi connectivity index (χ4v) is 2.70. The second-order valence-corrected chi connectivity index (χ2v) is 5.56. The molecule has 1 amide bonds. The third-order valence-electron chi connectivity index (χ3n) is 4.08. The van der Waals surface area contributed by atoms with Crippen LogP contribution in [0.3, 0.4) is 0 Å². The molecule has 0 aromatic carbocycles. The van der Waals surface area contributed by atoms with Gasteiger partial charge in [0.25, 0.3) is 11.5 Å². The van der Waals surface area contributed by atoms with Gasteiger partial charge in [0, 0.05) is 38.2 Å². The summed E-state index contributed by atoms with van der Waals surface area (Å²) in [6.45, 7) is 4.57. The predicted molar refractivity (Wildman–Crippen MR) is 78.8 cm³/mol. The number of hydrogen-bond donors (Lipinski definition) is 0. The van der Waals surface area contributed by atoms with Gasteiger partial charge in [-0.25, -0.2) is 4.98 Å². The number of hydrogen-bond acceptors (Lipinski definition) is 5. The minimum absolute atomic E-state index is 0.0194. The highest BCUT2D eigenvalue weighted by molar-refractivity contribution is 5.92. The molecule has 0 saturated carbocycles. The van der Waals surface area contributed by atoms with Crippen molar-refractivity contribution in [2.24, 2.45) is 7.05 Å². The summed E-state index contributed by atoms with van der Waals surface area (Å²) in [7, 11) is 1.72. The molecule has 2 aromatic heterocycles. The predicted octanol–water partition coefficient (Wildman–Crippen LogP) is 0.626. The Labute approximate surface area is 127 Å². The summed E-state index contributed by atoms with van der Waals surface area (Å²) in [6, 6.07) is 1.63. The van der Waals surface area contributed by atoms with E-state index in [0.29, 0.717) is 48.8 Å². The third-order valence-corrected chi connectivity index (χ3v) is 4.08. The molecular weight excluding hydrogens is 284 g/mol. The molecule has 0 spiro atoms. The van der Waals surface area contributed by atoms with Gasteiger partial charge in [-0.3, -0.25) is 14.2 Å². The lowest BCUT2D eigenvalue weighted by Gasteiger charge is -2.18. The Bertz CT molecular complexity index is 791. The molecule has 116 valence electrons. The maximum Gasteiger partial charge on any atom is 0.276 e. The number of fused-ring (bicyclic) bond motifs is 1. The quantitative estimate of drug-likeness (QED) is 0.771. The zero-order valence-corrected chi connectivity index (χ0v) is 12.9. The van der Waals surface area contributed by atoms with E-state index >= 15 is 0 Å². The van der Waals surface area contributed by atoms with Gasteiger partial charge in [-0.05, 0) is 20.3 Å². The van der Waals surface area contributed by atoms with Crippen LogP contribution < -0.4 is 5.56 Å². The first kappa shape index (κ1) is 14.5. The molecule has 0 radical (unpaired) electrons. The molecule has 2 aromatic rings. The highest BCUT2D eigenvalue weighted by atomic mass is 16.5. The third kappa shape index (κ3) is 2.43. The summed E-state index contributed by atoms with van der Waals surface area (Å²) in [4.78, 5) is 31.0. The fraction of sp³-hybridized carbons (Fsp3) is 0.467. The van der Waals surface area contributed by atoms with Crippen LogP contribution in [0.15, 0.2) is 15.4 Å². The number of aromatic nitrogens is 3. The standard InChI is InChI=1S/C15H18N4O3/c1-9-8-13(17-22-9)15(21)19-6-4-11-12(5-7-19)16-10(2)18(3)14(11)20/h8H,4-7H2,1-3H3. The average Bonchev–Trinajstić information content (AvgIpc) is 2.81. The molecule has 0 atom stereocenters. The zero-order chi connectivity index (χ0) is 15.9. The van der Waals surface area contributed by atoms with E-state index in [1.807, 2.05) is 6.92 Å². The smallest absolute Gasteiger partial charge is 0.276 e. The maximum atomic E-state index is 12.4. The second-order valence-electron chi connectivity index (χ2n) is 5.56. The van der Waals surface area contributed by atoms with Crippen LogP contribution >= 0.6 is 0 Å². The molecule has 0 aliphatic carbocycles. The first-order chi connectivity index (χ1) is 10.5. The Morgan fingerprint density at radius 1 is 1.27 bits per heavy atom. The van der Waals surface area contributed by atoms with E-state index in [-0.39, 0.29) is 11.5 Å². The molecule has 7 nitrogen and oxygen atoms in total. The van der Waals surface area contributed by atoms with Gasteiger partial charge in [0.2, 0.25) is 0 Å². The van der Waals surface area contributed by atoms with Crippen LogP contribution in [0, 0.1) is 13.8 Å². The van der Waals surface area contributed by atoms with Crippen molar-refractivity contribution in [1.82, 2.24) is 19.6 Å². The first-order valence-electron chi connectivity index (χ1n) is 7.25. The van der Waals surface area contributed by atoms with Gasteiger partial charge in [0.05, 0.1) is 5.69 Å². The minimum Gasteiger partial charge on any atom is -0.361 e. The van der Waals surface area contributed by atoms with E-state index in [9.17, 15) is 9.59 Å². The average molecular weight is 302 g/mol. The van der Waals surface area contributed by atoms with Gasteiger partial charge in [0.1, 0.15) is 11.6 Å². The van der Waals surface area contributed by atoms with Crippen molar-refractivity contribution in [3.8, 4) is 0 Å². The van der Waals surface area contributed by atoms with E-state index in [0.717, 1.165) is 5.69 Å². The summed E-state index contributed by atoms with van der Waals surface area (Å²) >= 11 is 0. The molecule has 3 heterocycles. The molecular formula is C15H18N4O3. The van der Waals surface area contributed by atoms with E-state index in [2.05, 4.69) is 10.1 Å². The maximum absolute atomic E-state index is 12.4. The minimum atomic E-state index is -0.168. The fourth-order valence-electron chi connectivity index (χ4n) is 2.70. The molecule has 1 aliphatic heterocycles. The van der Waals surface area contributed by atoms with Crippen molar-refractivity contribution >= 4 is 5.91 Å². The highest BCUT2D eigenvalue weighted by Gasteiger charge is 2.24. The molecule has 0 fully saturated rings. The molecule has 7 heteroatoms. The monoisotopic (exact) mass is 302 g/mol. The Balaban J connectivity index is 1.86. The van der Waals surface area contributed by atoms with Gasteiger partial charge < -0.3 is 9.42 Å². The number of carbonyl (C=O) groups excluding carboxylic acids is 1. The van der Waals surface area contributed by atoms with E-state index in [4.69, 9.17) is 4.52 Å². The molecule has 3 rings (SSSR count). The van der Waals surface area contributed by atoms with Crippen LogP contribution in [0.1, 0.15) is 33.3 Å². The lowest BCUT2D eigenvalue weighted by molar-refractivity contribution is 0.0752. The van der Waals surface area contributed by atoms with Crippen molar-refractivity contribution in [2.75, 3.05) is 13.1 Å². The molecule has 1 aliphatic rings. The van der Waals surface area contributed by atoms with Crippen molar-refractivity contribution in [3.63, 3.8) is 0 Å². The van der Waals surface area contributed by atoms with Crippen molar-refractivity contribution in [3.05, 3.63) is 45.0 Å². The van der Waals surface area contributed by atoms with Gasteiger partial charge in [-0.15, -0.1) is 0 Å². The molecule has 0 saturated heterocycles. The number of amides is 1. The van der Waals surface area contributed by atoms with Crippen LogP contribution in [-0.2, 0) is 19.9 Å². The van der Waals surface area contributed by atoms with Crippen molar-refractivity contribution < 1.29 is 9.32 Å². The number of nitrogens with zero attached hydrogens (tertiary/aromatic N) is 4. The normalized spacial score (nSPS) is 14.6. The summed E-state index contributed by atoms with van der Waals surface area (Å²) in [5, 5.41) is 3.77. The van der Waals surface area contributed by atoms with Gasteiger partial charge in [-0.1, -0.05) is 5.16 Å². The van der Waals surface area contributed by atoms with Crippen LogP contribution in [-0.4, -0.2) is 38.6 Å². The van der Waals surface area contributed by atoms with Crippen molar-refractivity contribution in [2.45, 2.75) is 26.7 Å². The lowest BCUT2D eigenvalue weighted by Crippen LogP contribution is -2.33. The van der Waals surface area contributed by atoms with Crippen LogP contribution in [0.4, 0.5) is 0 Å². The second kappa shape index (κ2) is 5.40. The number of carbonyl (C=O) groups is 1. The highest BCUT2D eigenvalue weighted by Crippen LogP contribution is 2.14. The molecule has 0 bridgehead atoms. The molecule has 0 N–H and O–H groups in total. The van der Waals surface area contributed by atoms with E-state index in [1.165, 1.54) is 0 Å². The van der Waals surface area contributed by atoms with Crippen LogP contribution in [0.5, 0.6) is 0 Å². The van der Waals surface area contributed by atoms with Crippen LogP contribution in [0.25, 0.3) is 0 Å². The summed E-state index contributed by atoms with van der Waals surface area (Å²) < 4.78 is 6.51. The van der Waals surface area contributed by atoms with Crippen LogP contribution in [0.2, 0.25) is 0 Å².